The summed E-state index contributed by atoms with van der Waals surface area (Å²) >= 11 is 0. The van der Waals surface area contributed by atoms with Crippen LogP contribution in [-0.4, -0.2) is 54.1 Å². The second-order valence-corrected chi connectivity index (χ2v) is 7.62. The van der Waals surface area contributed by atoms with Gasteiger partial charge in [-0.25, -0.2) is 0 Å². The second-order valence-electron chi connectivity index (χ2n) is 7.62. The first kappa shape index (κ1) is 21.7. The molecule has 3 aromatic rings. The van der Waals surface area contributed by atoms with E-state index in [9.17, 15) is 0 Å². The summed E-state index contributed by atoms with van der Waals surface area (Å²) in [4.78, 5) is 15.6. The summed E-state index contributed by atoms with van der Waals surface area (Å²) < 4.78 is 11.3. The number of hydrazone groups is 1. The highest BCUT2D eigenvalue weighted by Gasteiger charge is 2.15. The van der Waals surface area contributed by atoms with Crippen LogP contribution in [0, 0.1) is 13.8 Å². The van der Waals surface area contributed by atoms with E-state index in [4.69, 9.17) is 9.47 Å². The van der Waals surface area contributed by atoms with Gasteiger partial charge in [0.1, 0.15) is 5.82 Å². The van der Waals surface area contributed by atoms with E-state index in [0.29, 0.717) is 37.9 Å². The molecule has 3 heterocycles. The molecule has 8 heteroatoms. The Kier molecular flexibility index (Phi) is 7.24. The van der Waals surface area contributed by atoms with Crippen LogP contribution >= 0.6 is 0 Å². The molecular weight excluding hydrogens is 404 g/mol. The second kappa shape index (κ2) is 10.7. The lowest BCUT2D eigenvalue weighted by Crippen LogP contribution is -2.37. The van der Waals surface area contributed by atoms with Gasteiger partial charge in [-0.05, 0) is 49.2 Å². The van der Waals surface area contributed by atoms with E-state index in [1.165, 1.54) is 11.1 Å². The zero-order valence-electron chi connectivity index (χ0n) is 18.5. The summed E-state index contributed by atoms with van der Waals surface area (Å²) in [5.41, 5.74) is 8.10. The number of nitrogens with zero attached hydrogens (tertiary/aromatic N) is 5. The first-order valence-corrected chi connectivity index (χ1v) is 10.8. The molecule has 166 valence electrons. The number of ether oxygens (including phenoxy) is 2. The summed E-state index contributed by atoms with van der Waals surface area (Å²) in [5.74, 6) is 0.809. The van der Waals surface area contributed by atoms with Gasteiger partial charge in [0.15, 0.2) is 0 Å². The fourth-order valence-electron chi connectivity index (χ4n) is 3.29. The Bertz CT molecular complexity index is 1050. The van der Waals surface area contributed by atoms with Crippen LogP contribution in [0.25, 0.3) is 0 Å². The highest BCUT2D eigenvalue weighted by Crippen LogP contribution is 2.18. The highest BCUT2D eigenvalue weighted by molar-refractivity contribution is 5.79. The predicted molar refractivity (Wildman–Crippen MR) is 126 cm³/mol. The van der Waals surface area contributed by atoms with Gasteiger partial charge in [0, 0.05) is 37.5 Å². The molecule has 1 aliphatic rings. The third kappa shape index (κ3) is 6.01. The molecule has 1 aromatic carbocycles. The average molecular weight is 433 g/mol. The minimum absolute atomic E-state index is 0.331. The molecule has 2 aromatic heterocycles. The number of hydrogen-bond donors (Lipinski definition) is 1. The minimum atomic E-state index is 0.331. The molecule has 0 atom stereocenters. The van der Waals surface area contributed by atoms with Gasteiger partial charge in [-0.2, -0.15) is 15.1 Å². The monoisotopic (exact) mass is 432 g/mol. The lowest BCUT2D eigenvalue weighted by molar-refractivity contribution is 0.122. The van der Waals surface area contributed by atoms with Gasteiger partial charge in [0.25, 0.3) is 0 Å². The Hall–Kier alpha value is -3.52. The van der Waals surface area contributed by atoms with Crippen LogP contribution in [-0.2, 0) is 11.2 Å². The predicted octanol–water partition coefficient (Wildman–Crippen LogP) is 3.39. The van der Waals surface area contributed by atoms with Gasteiger partial charge < -0.3 is 14.4 Å². The molecule has 1 saturated heterocycles. The number of anilines is 2. The van der Waals surface area contributed by atoms with Crippen LogP contribution < -0.4 is 15.1 Å². The summed E-state index contributed by atoms with van der Waals surface area (Å²) in [6, 6.07) is 14.2. The Morgan fingerprint density at radius 3 is 2.75 bits per heavy atom. The molecule has 1 fully saturated rings. The molecule has 0 aliphatic carbocycles. The molecule has 0 unspecified atom stereocenters. The number of hydrogen-bond acceptors (Lipinski definition) is 8. The quantitative estimate of drug-likeness (QED) is 0.431. The summed E-state index contributed by atoms with van der Waals surface area (Å²) in [6.07, 6.45) is 4.15. The zero-order chi connectivity index (χ0) is 22.2. The Balaban J connectivity index is 1.47. The molecule has 0 amide bonds. The van der Waals surface area contributed by atoms with Gasteiger partial charge in [-0.3, -0.25) is 10.4 Å². The van der Waals surface area contributed by atoms with Crippen molar-refractivity contribution in [1.82, 2.24) is 15.0 Å². The number of nitrogens with one attached hydrogen (secondary N) is 1. The standard InChI is InChI=1S/C24H28N6O2/c1-18-6-7-21(15-19(18)2)29-26-17-22-16-23(30-10-13-31-14-11-30)28-24(27-22)32-12-8-20-5-3-4-9-25-20/h3-7,9,15-17,29H,8,10-14H2,1-2H3. The Morgan fingerprint density at radius 2 is 1.97 bits per heavy atom. The van der Waals surface area contributed by atoms with Gasteiger partial charge >= 0.3 is 6.01 Å². The number of benzene rings is 1. The summed E-state index contributed by atoms with van der Waals surface area (Å²) in [6.45, 7) is 7.53. The van der Waals surface area contributed by atoms with Crippen molar-refractivity contribution in [2.45, 2.75) is 20.3 Å². The van der Waals surface area contributed by atoms with Crippen LogP contribution in [0.5, 0.6) is 6.01 Å². The van der Waals surface area contributed by atoms with Crippen molar-refractivity contribution in [3.05, 3.63) is 71.2 Å². The van der Waals surface area contributed by atoms with Crippen molar-refractivity contribution in [3.63, 3.8) is 0 Å². The van der Waals surface area contributed by atoms with Crippen LogP contribution in [0.4, 0.5) is 11.5 Å². The highest BCUT2D eigenvalue weighted by atomic mass is 16.5. The fraction of sp³-hybridized carbons (Fsp3) is 0.333. The van der Waals surface area contributed by atoms with E-state index < -0.39 is 0 Å². The van der Waals surface area contributed by atoms with Gasteiger partial charge in [0.2, 0.25) is 0 Å². The van der Waals surface area contributed by atoms with E-state index in [1.807, 2.05) is 30.3 Å². The fourth-order valence-corrected chi connectivity index (χ4v) is 3.29. The third-order valence-corrected chi connectivity index (χ3v) is 5.26. The topological polar surface area (TPSA) is 84.8 Å². The molecule has 0 spiro atoms. The molecule has 4 rings (SSSR count). The number of aromatic nitrogens is 3. The minimum Gasteiger partial charge on any atom is -0.463 e. The van der Waals surface area contributed by atoms with Crippen molar-refractivity contribution in [2.24, 2.45) is 5.10 Å². The zero-order valence-corrected chi connectivity index (χ0v) is 18.5. The van der Waals surface area contributed by atoms with Gasteiger partial charge in [-0.15, -0.1) is 0 Å². The molecule has 1 N–H and O–H groups in total. The van der Waals surface area contributed by atoms with E-state index >= 15 is 0 Å². The number of aryl methyl sites for hydroxylation is 2. The number of pyridine rings is 1. The van der Waals surface area contributed by atoms with Crippen molar-refractivity contribution in [2.75, 3.05) is 43.2 Å². The Morgan fingerprint density at radius 1 is 1.09 bits per heavy atom. The largest absolute Gasteiger partial charge is 0.463 e. The maximum atomic E-state index is 5.87. The normalized spacial score (nSPS) is 14.0. The van der Waals surface area contributed by atoms with Crippen LogP contribution in [0.15, 0.2) is 53.8 Å². The summed E-state index contributed by atoms with van der Waals surface area (Å²) in [7, 11) is 0. The van der Waals surface area contributed by atoms with Crippen molar-refractivity contribution < 1.29 is 9.47 Å². The SMILES string of the molecule is Cc1ccc(NN=Cc2cc(N3CCOCC3)nc(OCCc3ccccn3)n2)cc1C. The first-order chi connectivity index (χ1) is 15.7. The first-order valence-electron chi connectivity index (χ1n) is 10.8. The molecular formula is C24H28N6O2. The third-order valence-electron chi connectivity index (χ3n) is 5.26. The van der Waals surface area contributed by atoms with E-state index in [2.05, 4.69) is 56.4 Å². The van der Waals surface area contributed by atoms with Crippen molar-refractivity contribution in [1.29, 1.82) is 0 Å². The van der Waals surface area contributed by atoms with Crippen molar-refractivity contribution in [3.8, 4) is 6.01 Å². The molecule has 0 bridgehead atoms. The van der Waals surface area contributed by atoms with Crippen molar-refractivity contribution >= 4 is 17.7 Å². The van der Waals surface area contributed by atoms with Crippen LogP contribution in [0.1, 0.15) is 22.5 Å². The molecule has 0 saturated carbocycles. The van der Waals surface area contributed by atoms with E-state index in [-0.39, 0.29) is 0 Å². The van der Waals surface area contributed by atoms with E-state index in [0.717, 1.165) is 30.3 Å². The maximum absolute atomic E-state index is 5.87. The molecule has 8 nitrogen and oxygen atoms in total. The molecule has 32 heavy (non-hydrogen) atoms. The molecule has 0 radical (unpaired) electrons. The smallest absolute Gasteiger partial charge is 0.318 e. The molecule has 1 aliphatic heterocycles. The van der Waals surface area contributed by atoms with Crippen LogP contribution in [0.3, 0.4) is 0 Å². The van der Waals surface area contributed by atoms with Crippen LogP contribution in [0.2, 0.25) is 0 Å². The lowest BCUT2D eigenvalue weighted by Gasteiger charge is -2.28. The number of morpholine rings is 1. The summed E-state index contributed by atoms with van der Waals surface area (Å²) in [5, 5.41) is 4.36. The van der Waals surface area contributed by atoms with E-state index in [1.54, 1.807) is 12.4 Å². The van der Waals surface area contributed by atoms with Gasteiger partial charge in [0.05, 0.1) is 37.4 Å². The Labute approximate surface area is 188 Å². The average Bonchev–Trinajstić information content (AvgIpc) is 2.83. The number of rotatable bonds is 8. The maximum Gasteiger partial charge on any atom is 0.318 e. The lowest BCUT2D eigenvalue weighted by atomic mass is 10.1. The van der Waals surface area contributed by atoms with Gasteiger partial charge in [-0.1, -0.05) is 12.1 Å².